The van der Waals surface area contributed by atoms with Crippen molar-refractivity contribution >= 4 is 0 Å². The topological polar surface area (TPSA) is 35.5 Å². The standard InChI is InChI=1S/C16H26N2O/c1-13(18-11-3-4-15(12-18)17-2)5-6-14-7-9-16(19)10-8-14/h7-10,13,15,17,19H,3-6,11-12H2,1-2H3. The molecule has 0 amide bonds. The number of aromatic hydroxyl groups is 1. The number of rotatable bonds is 5. The van der Waals surface area contributed by atoms with E-state index in [9.17, 15) is 5.11 Å². The zero-order valence-electron chi connectivity index (χ0n) is 12.1. The van der Waals surface area contributed by atoms with E-state index in [1.54, 1.807) is 12.1 Å². The Morgan fingerprint density at radius 3 is 2.79 bits per heavy atom. The maximum atomic E-state index is 9.28. The highest BCUT2D eigenvalue weighted by Gasteiger charge is 2.22. The van der Waals surface area contributed by atoms with E-state index in [4.69, 9.17) is 0 Å². The fourth-order valence-electron chi connectivity index (χ4n) is 2.86. The second-order valence-electron chi connectivity index (χ2n) is 5.68. The molecule has 0 saturated carbocycles. The Morgan fingerprint density at radius 2 is 2.11 bits per heavy atom. The molecule has 0 bridgehead atoms. The van der Waals surface area contributed by atoms with Crippen molar-refractivity contribution < 1.29 is 5.11 Å². The maximum Gasteiger partial charge on any atom is 0.115 e. The van der Waals surface area contributed by atoms with E-state index in [1.165, 1.54) is 37.9 Å². The van der Waals surface area contributed by atoms with Gasteiger partial charge in [-0.2, -0.15) is 0 Å². The van der Waals surface area contributed by atoms with Crippen LogP contribution in [-0.2, 0) is 6.42 Å². The second-order valence-corrected chi connectivity index (χ2v) is 5.68. The molecule has 19 heavy (non-hydrogen) atoms. The van der Waals surface area contributed by atoms with Crippen molar-refractivity contribution in [2.24, 2.45) is 0 Å². The number of hydrogen-bond donors (Lipinski definition) is 2. The molecule has 1 aromatic carbocycles. The van der Waals surface area contributed by atoms with Crippen LogP contribution in [0.2, 0.25) is 0 Å². The van der Waals surface area contributed by atoms with Gasteiger partial charge in [0, 0.05) is 18.6 Å². The molecule has 1 aliphatic heterocycles. The van der Waals surface area contributed by atoms with Crippen LogP contribution in [0, 0.1) is 0 Å². The number of nitrogens with one attached hydrogen (secondary N) is 1. The highest BCUT2D eigenvalue weighted by molar-refractivity contribution is 5.25. The number of aryl methyl sites for hydroxylation is 1. The Kier molecular flexibility index (Phi) is 5.23. The largest absolute Gasteiger partial charge is 0.508 e. The quantitative estimate of drug-likeness (QED) is 0.855. The van der Waals surface area contributed by atoms with E-state index in [1.807, 2.05) is 12.1 Å². The smallest absolute Gasteiger partial charge is 0.115 e. The van der Waals surface area contributed by atoms with Gasteiger partial charge in [0.2, 0.25) is 0 Å². The number of benzene rings is 1. The number of phenols is 1. The number of likely N-dealkylation sites (tertiary alicyclic amines) is 1. The lowest BCUT2D eigenvalue weighted by Crippen LogP contribution is -2.47. The molecule has 3 nitrogen and oxygen atoms in total. The van der Waals surface area contributed by atoms with Crippen molar-refractivity contribution in [3.05, 3.63) is 29.8 Å². The summed E-state index contributed by atoms with van der Waals surface area (Å²) in [5, 5.41) is 12.7. The molecule has 1 saturated heterocycles. The van der Waals surface area contributed by atoms with Crippen LogP contribution in [0.4, 0.5) is 0 Å². The van der Waals surface area contributed by atoms with Crippen LogP contribution in [0.5, 0.6) is 5.75 Å². The Balaban J connectivity index is 1.80. The first-order chi connectivity index (χ1) is 9.19. The SMILES string of the molecule is CNC1CCCN(C(C)CCc2ccc(O)cc2)C1. The van der Waals surface area contributed by atoms with Crippen molar-refractivity contribution in [2.45, 2.75) is 44.7 Å². The van der Waals surface area contributed by atoms with Crippen molar-refractivity contribution in [1.82, 2.24) is 10.2 Å². The van der Waals surface area contributed by atoms with Crippen molar-refractivity contribution in [2.75, 3.05) is 20.1 Å². The third kappa shape index (κ3) is 4.22. The number of piperidine rings is 1. The summed E-state index contributed by atoms with van der Waals surface area (Å²) in [5.74, 6) is 0.352. The number of hydrogen-bond acceptors (Lipinski definition) is 3. The van der Waals surface area contributed by atoms with Gasteiger partial charge < -0.3 is 10.4 Å². The molecule has 2 N–H and O–H groups in total. The van der Waals surface area contributed by atoms with E-state index < -0.39 is 0 Å². The van der Waals surface area contributed by atoms with Crippen molar-refractivity contribution in [1.29, 1.82) is 0 Å². The molecular weight excluding hydrogens is 236 g/mol. The average molecular weight is 262 g/mol. The van der Waals surface area contributed by atoms with Crippen LogP contribution in [0.1, 0.15) is 31.7 Å². The summed E-state index contributed by atoms with van der Waals surface area (Å²) in [6.07, 6.45) is 4.87. The lowest BCUT2D eigenvalue weighted by atomic mass is 10.0. The summed E-state index contributed by atoms with van der Waals surface area (Å²) in [6.45, 7) is 4.74. The Morgan fingerprint density at radius 1 is 1.37 bits per heavy atom. The van der Waals surface area contributed by atoms with Gasteiger partial charge in [0.25, 0.3) is 0 Å². The first kappa shape index (κ1) is 14.4. The number of phenolic OH excluding ortho intramolecular Hbond substituents is 1. The number of likely N-dealkylation sites (N-methyl/N-ethyl adjacent to an activating group) is 1. The van der Waals surface area contributed by atoms with Gasteiger partial charge >= 0.3 is 0 Å². The van der Waals surface area contributed by atoms with Crippen LogP contribution in [-0.4, -0.2) is 42.2 Å². The number of nitrogens with zero attached hydrogens (tertiary/aromatic N) is 1. The Hall–Kier alpha value is -1.06. The molecule has 106 valence electrons. The van der Waals surface area contributed by atoms with Crippen LogP contribution in [0.15, 0.2) is 24.3 Å². The van der Waals surface area contributed by atoms with E-state index in [0.717, 1.165) is 6.42 Å². The molecule has 2 unspecified atom stereocenters. The maximum absolute atomic E-state index is 9.28. The normalized spacial score (nSPS) is 22.3. The van der Waals surface area contributed by atoms with Crippen molar-refractivity contribution in [3.8, 4) is 5.75 Å². The molecule has 1 aromatic rings. The molecule has 0 aromatic heterocycles. The minimum atomic E-state index is 0.352. The van der Waals surface area contributed by atoms with Crippen LogP contribution >= 0.6 is 0 Å². The Labute approximate surface area is 116 Å². The average Bonchev–Trinajstić information content (AvgIpc) is 2.46. The van der Waals surface area contributed by atoms with Crippen LogP contribution < -0.4 is 5.32 Å². The molecule has 0 radical (unpaired) electrons. The highest BCUT2D eigenvalue weighted by Crippen LogP contribution is 2.17. The molecule has 2 atom stereocenters. The minimum Gasteiger partial charge on any atom is -0.508 e. The van der Waals surface area contributed by atoms with Gasteiger partial charge in [0.15, 0.2) is 0 Å². The van der Waals surface area contributed by atoms with Gasteiger partial charge in [0.05, 0.1) is 0 Å². The third-order valence-corrected chi connectivity index (χ3v) is 4.27. The van der Waals surface area contributed by atoms with Gasteiger partial charge in [0.1, 0.15) is 5.75 Å². The molecule has 3 heteroatoms. The molecule has 0 aliphatic carbocycles. The zero-order chi connectivity index (χ0) is 13.7. The predicted molar refractivity (Wildman–Crippen MR) is 79.5 cm³/mol. The summed E-state index contributed by atoms with van der Waals surface area (Å²) in [7, 11) is 2.06. The van der Waals surface area contributed by atoms with Gasteiger partial charge in [-0.25, -0.2) is 0 Å². The minimum absolute atomic E-state index is 0.352. The molecule has 1 heterocycles. The fraction of sp³-hybridized carbons (Fsp3) is 0.625. The van der Waals surface area contributed by atoms with Crippen LogP contribution in [0.25, 0.3) is 0 Å². The summed E-state index contributed by atoms with van der Waals surface area (Å²) < 4.78 is 0. The molecule has 1 aliphatic rings. The van der Waals surface area contributed by atoms with Gasteiger partial charge in [-0.1, -0.05) is 12.1 Å². The monoisotopic (exact) mass is 262 g/mol. The van der Waals surface area contributed by atoms with Gasteiger partial charge in [-0.15, -0.1) is 0 Å². The van der Waals surface area contributed by atoms with E-state index in [2.05, 4.69) is 24.2 Å². The lowest BCUT2D eigenvalue weighted by molar-refractivity contribution is 0.143. The van der Waals surface area contributed by atoms with E-state index >= 15 is 0 Å². The fourth-order valence-corrected chi connectivity index (χ4v) is 2.86. The zero-order valence-corrected chi connectivity index (χ0v) is 12.1. The summed E-state index contributed by atoms with van der Waals surface area (Å²) in [4.78, 5) is 2.60. The molecular formula is C16H26N2O. The van der Waals surface area contributed by atoms with Crippen molar-refractivity contribution in [3.63, 3.8) is 0 Å². The van der Waals surface area contributed by atoms with E-state index in [-0.39, 0.29) is 0 Å². The highest BCUT2D eigenvalue weighted by atomic mass is 16.3. The second kappa shape index (κ2) is 6.92. The predicted octanol–water partition coefficient (Wildman–Crippen LogP) is 2.40. The first-order valence-corrected chi connectivity index (χ1v) is 7.38. The summed E-state index contributed by atoms with van der Waals surface area (Å²) in [5.41, 5.74) is 1.31. The molecule has 1 fully saturated rings. The molecule has 2 rings (SSSR count). The summed E-state index contributed by atoms with van der Waals surface area (Å²) >= 11 is 0. The van der Waals surface area contributed by atoms with Gasteiger partial charge in [-0.05, 0) is 63.9 Å². The Bertz CT molecular complexity index is 377. The van der Waals surface area contributed by atoms with E-state index in [0.29, 0.717) is 17.8 Å². The van der Waals surface area contributed by atoms with Crippen LogP contribution in [0.3, 0.4) is 0 Å². The first-order valence-electron chi connectivity index (χ1n) is 7.38. The lowest BCUT2D eigenvalue weighted by Gasteiger charge is -2.36. The third-order valence-electron chi connectivity index (χ3n) is 4.27. The summed E-state index contributed by atoms with van der Waals surface area (Å²) in [6, 6.07) is 8.88. The van der Waals surface area contributed by atoms with Gasteiger partial charge in [-0.3, -0.25) is 4.90 Å². The molecule has 0 spiro atoms.